The van der Waals surface area contributed by atoms with Crippen LogP contribution in [0.4, 0.5) is 0 Å². The highest BCUT2D eigenvalue weighted by molar-refractivity contribution is 5.99. The zero-order valence-electron chi connectivity index (χ0n) is 16.6. The van der Waals surface area contributed by atoms with Gasteiger partial charge in [-0.05, 0) is 30.7 Å². The van der Waals surface area contributed by atoms with E-state index in [1.165, 1.54) is 24.4 Å². The van der Waals surface area contributed by atoms with E-state index in [0.717, 1.165) is 0 Å². The molecule has 160 valence electrons. The smallest absolute Gasteiger partial charge is 0.326 e. The Morgan fingerprint density at radius 2 is 1.84 bits per heavy atom. The lowest BCUT2D eigenvalue weighted by Crippen LogP contribution is -2.43. The lowest BCUT2D eigenvalue weighted by atomic mass is 10.0. The van der Waals surface area contributed by atoms with E-state index < -0.39 is 23.3 Å². The Labute approximate surface area is 176 Å². The van der Waals surface area contributed by atoms with Crippen molar-refractivity contribution in [2.75, 3.05) is 6.79 Å². The second-order valence-electron chi connectivity index (χ2n) is 7.12. The molecule has 1 aliphatic heterocycles. The first-order chi connectivity index (χ1) is 14.9. The van der Waals surface area contributed by atoms with Crippen molar-refractivity contribution in [3.05, 3.63) is 63.9 Å². The third-order valence-electron chi connectivity index (χ3n) is 5.14. The van der Waals surface area contributed by atoms with Crippen molar-refractivity contribution in [1.29, 1.82) is 0 Å². The number of pyridine rings is 1. The van der Waals surface area contributed by atoms with E-state index in [1.807, 2.05) is 6.92 Å². The highest BCUT2D eigenvalue weighted by Crippen LogP contribution is 2.35. The monoisotopic (exact) mass is 424 g/mol. The van der Waals surface area contributed by atoms with E-state index in [1.54, 1.807) is 22.8 Å². The second kappa shape index (κ2) is 8.02. The molecule has 0 bridgehead atoms. The van der Waals surface area contributed by atoms with Crippen LogP contribution in [0.25, 0.3) is 10.9 Å². The van der Waals surface area contributed by atoms with Gasteiger partial charge in [0.1, 0.15) is 17.4 Å². The van der Waals surface area contributed by atoms with Crippen molar-refractivity contribution in [1.82, 2.24) is 9.88 Å². The summed E-state index contributed by atoms with van der Waals surface area (Å²) in [7, 11) is 0. The number of aromatic nitrogens is 1. The number of hydrogen-bond donors (Lipinski definition) is 3. The molecule has 31 heavy (non-hydrogen) atoms. The zero-order chi connectivity index (χ0) is 22.1. The molecule has 9 heteroatoms. The first-order valence-electron chi connectivity index (χ1n) is 9.65. The normalized spacial score (nSPS) is 13.2. The fraction of sp³-hybridized carbons (Fsp3) is 0.227. The highest BCUT2D eigenvalue weighted by atomic mass is 16.7. The molecule has 0 spiro atoms. The minimum atomic E-state index is -1.25. The zero-order valence-corrected chi connectivity index (χ0v) is 16.6. The van der Waals surface area contributed by atoms with Gasteiger partial charge in [-0.25, -0.2) is 4.79 Å². The maximum Gasteiger partial charge on any atom is 0.326 e. The van der Waals surface area contributed by atoms with Crippen LogP contribution in [-0.4, -0.2) is 39.5 Å². The van der Waals surface area contributed by atoms with Gasteiger partial charge in [0, 0.05) is 25.2 Å². The van der Waals surface area contributed by atoms with Gasteiger partial charge in [0.15, 0.2) is 11.5 Å². The molecule has 4 rings (SSSR count). The van der Waals surface area contributed by atoms with E-state index in [-0.39, 0.29) is 29.9 Å². The van der Waals surface area contributed by atoms with Crippen LogP contribution in [0.2, 0.25) is 0 Å². The molecule has 3 N–H and O–H groups in total. The lowest BCUT2D eigenvalue weighted by molar-refractivity contribution is -0.139. The standard InChI is InChI=1S/C22H20N2O7/c1-2-24-10-15(20(26)14-8-18-19(9-17(14)24)31-11-30-18)21(27)23-16(22(28)29)7-12-3-5-13(25)6-4-12/h3-6,8-10,16,25H,2,7,11H2,1H3,(H,23,27)(H,28,29)/t16-/m0/s1. The number of hydrogen-bond acceptors (Lipinski definition) is 6. The van der Waals surface area contributed by atoms with Crippen LogP contribution in [-0.2, 0) is 17.8 Å². The SMILES string of the molecule is CCn1cc(C(=O)N[C@@H](Cc2ccc(O)cc2)C(=O)O)c(=O)c2cc3c(cc21)OCO3. The average Bonchev–Trinajstić information content (AvgIpc) is 3.21. The van der Waals surface area contributed by atoms with Gasteiger partial charge in [-0.2, -0.15) is 0 Å². The van der Waals surface area contributed by atoms with E-state index >= 15 is 0 Å². The molecule has 0 fully saturated rings. The summed E-state index contributed by atoms with van der Waals surface area (Å²) in [5, 5.41) is 21.7. The Morgan fingerprint density at radius 1 is 1.16 bits per heavy atom. The third-order valence-corrected chi connectivity index (χ3v) is 5.14. The average molecular weight is 424 g/mol. The van der Waals surface area contributed by atoms with Gasteiger partial charge >= 0.3 is 5.97 Å². The first-order valence-corrected chi connectivity index (χ1v) is 9.65. The number of carbonyl (C=O) groups is 2. The minimum absolute atomic E-state index is 0.00438. The molecular weight excluding hydrogens is 404 g/mol. The van der Waals surface area contributed by atoms with Crippen molar-refractivity contribution in [2.45, 2.75) is 25.9 Å². The molecule has 0 saturated carbocycles. The summed E-state index contributed by atoms with van der Waals surface area (Å²) in [4.78, 5) is 37.6. The first kappa shape index (κ1) is 20.3. The Hall–Kier alpha value is -4.01. The van der Waals surface area contributed by atoms with Crippen molar-refractivity contribution in [2.24, 2.45) is 0 Å². The number of phenolic OH excluding ortho intramolecular Hbond substituents is 1. The fourth-order valence-electron chi connectivity index (χ4n) is 3.51. The number of phenols is 1. The van der Waals surface area contributed by atoms with Crippen LogP contribution in [0.5, 0.6) is 17.2 Å². The number of aliphatic carboxylic acids is 1. The Balaban J connectivity index is 1.68. The van der Waals surface area contributed by atoms with Crippen LogP contribution in [0.1, 0.15) is 22.8 Å². The third kappa shape index (κ3) is 3.89. The van der Waals surface area contributed by atoms with Crippen molar-refractivity contribution < 1.29 is 29.3 Å². The molecule has 0 saturated heterocycles. The van der Waals surface area contributed by atoms with Crippen molar-refractivity contribution >= 4 is 22.8 Å². The number of benzene rings is 2. The number of nitrogens with one attached hydrogen (secondary N) is 1. The summed E-state index contributed by atoms with van der Waals surface area (Å²) in [5.41, 5.74) is 0.518. The predicted octanol–water partition coefficient (Wildman–Crippen LogP) is 1.88. The molecule has 1 amide bonds. The molecule has 1 aromatic heterocycles. The van der Waals surface area contributed by atoms with Gasteiger partial charge in [-0.15, -0.1) is 0 Å². The largest absolute Gasteiger partial charge is 0.508 e. The van der Waals surface area contributed by atoms with Crippen molar-refractivity contribution in [3.63, 3.8) is 0 Å². The van der Waals surface area contributed by atoms with Gasteiger partial charge < -0.3 is 29.6 Å². The van der Waals surface area contributed by atoms with Gasteiger partial charge in [0.2, 0.25) is 12.2 Å². The number of aromatic hydroxyl groups is 1. The number of carboxylic acid groups (broad SMARTS) is 1. The topological polar surface area (TPSA) is 127 Å². The van der Waals surface area contributed by atoms with Gasteiger partial charge in [-0.1, -0.05) is 12.1 Å². The van der Waals surface area contributed by atoms with Crippen LogP contribution in [0.15, 0.2) is 47.4 Å². The molecule has 0 radical (unpaired) electrons. The van der Waals surface area contributed by atoms with E-state index in [2.05, 4.69) is 5.32 Å². The van der Waals surface area contributed by atoms with Crippen LogP contribution in [0, 0.1) is 0 Å². The molecular formula is C22H20N2O7. The maximum absolute atomic E-state index is 13.0. The van der Waals surface area contributed by atoms with E-state index in [0.29, 0.717) is 29.1 Å². The molecule has 2 aromatic carbocycles. The van der Waals surface area contributed by atoms with Crippen LogP contribution < -0.4 is 20.2 Å². The maximum atomic E-state index is 13.0. The number of ether oxygens (including phenoxy) is 2. The van der Waals surface area contributed by atoms with E-state index in [9.17, 15) is 24.6 Å². The number of aryl methyl sites for hydroxylation is 1. The number of fused-ring (bicyclic) bond motifs is 2. The van der Waals surface area contributed by atoms with Gasteiger partial charge in [0.25, 0.3) is 5.91 Å². The summed E-state index contributed by atoms with van der Waals surface area (Å²) in [6.45, 7) is 2.39. The number of nitrogens with zero attached hydrogens (tertiary/aromatic N) is 1. The number of carboxylic acids is 1. The van der Waals surface area contributed by atoms with Gasteiger partial charge in [0.05, 0.1) is 10.9 Å². The quantitative estimate of drug-likeness (QED) is 0.551. The predicted molar refractivity (Wildman–Crippen MR) is 111 cm³/mol. The Kier molecular flexibility index (Phi) is 5.24. The summed E-state index contributed by atoms with van der Waals surface area (Å²) in [5.74, 6) is -1.03. The Bertz CT molecular complexity index is 1230. The Morgan fingerprint density at radius 3 is 2.48 bits per heavy atom. The fourth-order valence-corrected chi connectivity index (χ4v) is 3.51. The molecule has 2 heterocycles. The molecule has 1 atom stereocenters. The van der Waals surface area contributed by atoms with Gasteiger partial charge in [-0.3, -0.25) is 9.59 Å². The molecule has 1 aliphatic rings. The lowest BCUT2D eigenvalue weighted by Gasteiger charge is -2.16. The second-order valence-corrected chi connectivity index (χ2v) is 7.12. The number of amides is 1. The van der Waals surface area contributed by atoms with Crippen LogP contribution in [0.3, 0.4) is 0 Å². The molecule has 0 aliphatic carbocycles. The summed E-state index contributed by atoms with van der Waals surface area (Å²) in [6, 6.07) is 7.98. The molecule has 9 nitrogen and oxygen atoms in total. The molecule has 0 unspecified atom stereocenters. The summed E-state index contributed by atoms with van der Waals surface area (Å²) >= 11 is 0. The minimum Gasteiger partial charge on any atom is -0.508 e. The van der Waals surface area contributed by atoms with Crippen molar-refractivity contribution in [3.8, 4) is 17.2 Å². The number of carbonyl (C=O) groups excluding carboxylic acids is 1. The number of rotatable bonds is 6. The summed E-state index contributed by atoms with van der Waals surface area (Å²) < 4.78 is 12.4. The van der Waals surface area contributed by atoms with E-state index in [4.69, 9.17) is 9.47 Å². The highest BCUT2D eigenvalue weighted by Gasteiger charge is 2.25. The van der Waals surface area contributed by atoms with Crippen LogP contribution >= 0.6 is 0 Å². The summed E-state index contributed by atoms with van der Waals surface area (Å²) in [6.07, 6.45) is 1.41. The molecule has 3 aromatic rings.